The molecule has 72 valence electrons. The van der Waals surface area contributed by atoms with Crippen molar-refractivity contribution in [1.29, 1.82) is 0 Å². The van der Waals surface area contributed by atoms with E-state index >= 15 is 0 Å². The van der Waals surface area contributed by atoms with Crippen molar-refractivity contribution in [3.8, 4) is 0 Å². The average Bonchev–Trinajstić information content (AvgIpc) is 1.97. The average molecular weight is 169 g/mol. The molecule has 0 amide bonds. The molecule has 1 saturated carbocycles. The van der Waals surface area contributed by atoms with Crippen molar-refractivity contribution in [2.24, 2.45) is 23.5 Å². The lowest BCUT2D eigenvalue weighted by Gasteiger charge is -2.43. The lowest BCUT2D eigenvalue weighted by atomic mass is 9.67. The standard InChI is InChI=1S/C11H23N/c1-8(2)11(12)6-5-9(3)10(4)7-11/h8-10H,5-7,12H2,1-4H3. The SMILES string of the molecule is CC1CCC(N)(C(C)C)CC1C. The minimum absolute atomic E-state index is 0.131. The molecule has 1 fully saturated rings. The van der Waals surface area contributed by atoms with E-state index in [1.807, 2.05) is 0 Å². The molecule has 0 bridgehead atoms. The Morgan fingerprint density at radius 2 is 1.83 bits per heavy atom. The van der Waals surface area contributed by atoms with Crippen LogP contribution >= 0.6 is 0 Å². The molecule has 1 rings (SSSR count). The normalized spacial score (nSPS) is 43.5. The van der Waals surface area contributed by atoms with Gasteiger partial charge >= 0.3 is 0 Å². The second kappa shape index (κ2) is 3.37. The fourth-order valence-electron chi connectivity index (χ4n) is 2.21. The molecular weight excluding hydrogens is 146 g/mol. The van der Waals surface area contributed by atoms with Gasteiger partial charge in [0.25, 0.3) is 0 Å². The molecule has 1 aliphatic carbocycles. The number of rotatable bonds is 1. The van der Waals surface area contributed by atoms with E-state index in [1.165, 1.54) is 19.3 Å². The maximum Gasteiger partial charge on any atom is 0.0180 e. The molecule has 0 heterocycles. The van der Waals surface area contributed by atoms with Gasteiger partial charge in [-0.2, -0.15) is 0 Å². The Bertz CT molecular complexity index is 153. The summed E-state index contributed by atoms with van der Waals surface area (Å²) in [6.07, 6.45) is 3.75. The summed E-state index contributed by atoms with van der Waals surface area (Å²) >= 11 is 0. The first-order valence-corrected chi connectivity index (χ1v) is 5.24. The molecule has 12 heavy (non-hydrogen) atoms. The summed E-state index contributed by atoms with van der Waals surface area (Å²) in [6.45, 7) is 9.20. The molecule has 0 aromatic carbocycles. The fraction of sp³-hybridized carbons (Fsp3) is 1.00. The maximum atomic E-state index is 6.35. The van der Waals surface area contributed by atoms with Gasteiger partial charge in [-0.1, -0.05) is 27.7 Å². The zero-order valence-electron chi connectivity index (χ0n) is 8.93. The third-order valence-electron chi connectivity index (χ3n) is 3.89. The third-order valence-corrected chi connectivity index (χ3v) is 3.89. The first kappa shape index (κ1) is 10.0. The van der Waals surface area contributed by atoms with Gasteiger partial charge in [0, 0.05) is 5.54 Å². The van der Waals surface area contributed by atoms with Gasteiger partial charge < -0.3 is 5.73 Å². The minimum atomic E-state index is 0.131. The van der Waals surface area contributed by atoms with Crippen molar-refractivity contribution in [2.45, 2.75) is 52.5 Å². The number of hydrogen-bond donors (Lipinski definition) is 1. The van der Waals surface area contributed by atoms with E-state index in [0.29, 0.717) is 5.92 Å². The van der Waals surface area contributed by atoms with Crippen molar-refractivity contribution < 1.29 is 0 Å². The molecule has 0 saturated heterocycles. The first-order chi connectivity index (χ1) is 5.46. The van der Waals surface area contributed by atoms with Crippen LogP contribution in [0.25, 0.3) is 0 Å². The quantitative estimate of drug-likeness (QED) is 0.642. The molecule has 0 radical (unpaired) electrons. The monoisotopic (exact) mass is 169 g/mol. The second-order valence-electron chi connectivity index (χ2n) is 5.09. The number of nitrogens with two attached hydrogens (primary N) is 1. The van der Waals surface area contributed by atoms with Crippen LogP contribution in [0.15, 0.2) is 0 Å². The van der Waals surface area contributed by atoms with E-state index < -0.39 is 0 Å². The van der Waals surface area contributed by atoms with Gasteiger partial charge in [0.2, 0.25) is 0 Å². The Morgan fingerprint density at radius 3 is 2.25 bits per heavy atom. The van der Waals surface area contributed by atoms with E-state index in [1.54, 1.807) is 0 Å². The highest BCUT2D eigenvalue weighted by molar-refractivity contribution is 4.93. The van der Waals surface area contributed by atoms with Gasteiger partial charge in [0.05, 0.1) is 0 Å². The van der Waals surface area contributed by atoms with Crippen LogP contribution in [0, 0.1) is 17.8 Å². The third kappa shape index (κ3) is 1.82. The summed E-state index contributed by atoms with van der Waals surface area (Å²) in [6, 6.07) is 0. The van der Waals surface area contributed by atoms with Gasteiger partial charge in [0.1, 0.15) is 0 Å². The van der Waals surface area contributed by atoms with E-state index in [2.05, 4.69) is 27.7 Å². The summed E-state index contributed by atoms with van der Waals surface area (Å²) in [5.41, 5.74) is 6.49. The van der Waals surface area contributed by atoms with E-state index in [0.717, 1.165) is 11.8 Å². The Morgan fingerprint density at radius 1 is 1.25 bits per heavy atom. The molecule has 1 nitrogen and oxygen atoms in total. The van der Waals surface area contributed by atoms with E-state index in [4.69, 9.17) is 5.73 Å². The topological polar surface area (TPSA) is 26.0 Å². The van der Waals surface area contributed by atoms with Crippen molar-refractivity contribution in [3.05, 3.63) is 0 Å². The van der Waals surface area contributed by atoms with Crippen LogP contribution in [0.1, 0.15) is 47.0 Å². The Balaban J connectivity index is 2.60. The Kier molecular flexibility index (Phi) is 2.82. The summed E-state index contributed by atoms with van der Waals surface area (Å²) in [5, 5.41) is 0. The lowest BCUT2D eigenvalue weighted by molar-refractivity contribution is 0.136. The smallest absolute Gasteiger partial charge is 0.0180 e. The largest absolute Gasteiger partial charge is 0.325 e. The van der Waals surface area contributed by atoms with Crippen LogP contribution < -0.4 is 5.73 Å². The predicted octanol–water partition coefficient (Wildman–Crippen LogP) is 2.80. The molecule has 0 aromatic rings. The Labute approximate surface area is 76.7 Å². The van der Waals surface area contributed by atoms with Crippen molar-refractivity contribution in [1.82, 2.24) is 0 Å². The fourth-order valence-corrected chi connectivity index (χ4v) is 2.21. The van der Waals surface area contributed by atoms with Crippen LogP contribution in [0.5, 0.6) is 0 Å². The van der Waals surface area contributed by atoms with Crippen molar-refractivity contribution in [3.63, 3.8) is 0 Å². The van der Waals surface area contributed by atoms with E-state index in [9.17, 15) is 0 Å². The Hall–Kier alpha value is -0.0400. The number of hydrogen-bond acceptors (Lipinski definition) is 1. The summed E-state index contributed by atoms with van der Waals surface area (Å²) in [5.74, 6) is 2.32. The van der Waals surface area contributed by atoms with Crippen molar-refractivity contribution >= 4 is 0 Å². The molecule has 0 aliphatic heterocycles. The summed E-state index contributed by atoms with van der Waals surface area (Å²) in [4.78, 5) is 0. The molecule has 1 heteroatoms. The molecule has 3 atom stereocenters. The molecular formula is C11H23N. The van der Waals surface area contributed by atoms with Crippen LogP contribution in [0.2, 0.25) is 0 Å². The first-order valence-electron chi connectivity index (χ1n) is 5.24. The highest BCUT2D eigenvalue weighted by Crippen LogP contribution is 2.38. The van der Waals surface area contributed by atoms with E-state index in [-0.39, 0.29) is 5.54 Å². The van der Waals surface area contributed by atoms with Gasteiger partial charge in [-0.3, -0.25) is 0 Å². The van der Waals surface area contributed by atoms with Gasteiger partial charge in [0.15, 0.2) is 0 Å². The molecule has 0 spiro atoms. The molecule has 1 aliphatic rings. The van der Waals surface area contributed by atoms with Gasteiger partial charge in [-0.05, 0) is 37.0 Å². The second-order valence-corrected chi connectivity index (χ2v) is 5.09. The zero-order chi connectivity index (χ0) is 9.35. The molecule has 2 N–H and O–H groups in total. The summed E-state index contributed by atoms with van der Waals surface area (Å²) in [7, 11) is 0. The van der Waals surface area contributed by atoms with Crippen LogP contribution in [-0.2, 0) is 0 Å². The predicted molar refractivity (Wildman–Crippen MR) is 53.9 cm³/mol. The van der Waals surface area contributed by atoms with Crippen LogP contribution in [0.3, 0.4) is 0 Å². The summed E-state index contributed by atoms with van der Waals surface area (Å²) < 4.78 is 0. The van der Waals surface area contributed by atoms with Crippen LogP contribution in [0.4, 0.5) is 0 Å². The molecule has 0 aromatic heterocycles. The van der Waals surface area contributed by atoms with Crippen molar-refractivity contribution in [2.75, 3.05) is 0 Å². The minimum Gasteiger partial charge on any atom is -0.325 e. The van der Waals surface area contributed by atoms with Gasteiger partial charge in [-0.25, -0.2) is 0 Å². The maximum absolute atomic E-state index is 6.35. The van der Waals surface area contributed by atoms with Gasteiger partial charge in [-0.15, -0.1) is 0 Å². The molecule has 3 unspecified atom stereocenters. The highest BCUT2D eigenvalue weighted by atomic mass is 14.8. The lowest BCUT2D eigenvalue weighted by Crippen LogP contribution is -2.49. The highest BCUT2D eigenvalue weighted by Gasteiger charge is 2.36. The van der Waals surface area contributed by atoms with Crippen LogP contribution in [-0.4, -0.2) is 5.54 Å². The zero-order valence-corrected chi connectivity index (χ0v) is 8.93.